The maximum Gasteiger partial charge on any atom is 0.273 e. The molecule has 2 aromatic carbocycles. The molecule has 0 spiro atoms. The molecule has 4 bridgehead atoms. The Hall–Kier alpha value is -4.12. The highest BCUT2D eigenvalue weighted by atomic mass is 32.1. The van der Waals surface area contributed by atoms with Gasteiger partial charge < -0.3 is 29.7 Å². The van der Waals surface area contributed by atoms with E-state index in [-0.39, 0.29) is 49.1 Å². The SMILES string of the molecule is COc1ccc2cc1OCC(=O)NCc1ccc(cc1)O[C@H]1CN(C(=O)c3csc(C(C)C)n3)C[C@@H]1NC2=O. The summed E-state index contributed by atoms with van der Waals surface area (Å²) in [6.45, 7) is 4.71. The number of ether oxygens (including phenoxy) is 3. The van der Waals surface area contributed by atoms with Crippen LogP contribution >= 0.6 is 11.3 Å². The lowest BCUT2D eigenvalue weighted by atomic mass is 10.1. The molecule has 39 heavy (non-hydrogen) atoms. The molecule has 11 heteroatoms. The second kappa shape index (κ2) is 11.3. The lowest BCUT2D eigenvalue weighted by molar-refractivity contribution is -0.123. The lowest BCUT2D eigenvalue weighted by Crippen LogP contribution is -2.45. The molecule has 6 rings (SSSR count). The van der Waals surface area contributed by atoms with Crippen LogP contribution in [-0.2, 0) is 11.3 Å². The molecule has 1 aromatic heterocycles. The van der Waals surface area contributed by atoms with Crippen molar-refractivity contribution >= 4 is 29.1 Å². The van der Waals surface area contributed by atoms with E-state index in [1.54, 1.807) is 22.4 Å². The number of hydrogen-bond acceptors (Lipinski definition) is 8. The maximum atomic E-state index is 13.3. The Kier molecular flexibility index (Phi) is 7.69. The van der Waals surface area contributed by atoms with Crippen molar-refractivity contribution in [3.05, 3.63) is 69.7 Å². The van der Waals surface area contributed by atoms with E-state index in [0.29, 0.717) is 29.3 Å². The second-order valence-corrected chi connectivity index (χ2v) is 10.6. The van der Waals surface area contributed by atoms with E-state index in [1.165, 1.54) is 24.5 Å². The van der Waals surface area contributed by atoms with Gasteiger partial charge in [0, 0.05) is 30.0 Å². The summed E-state index contributed by atoms with van der Waals surface area (Å²) in [6, 6.07) is 11.6. The van der Waals surface area contributed by atoms with Crippen molar-refractivity contribution in [2.24, 2.45) is 0 Å². The molecule has 0 unspecified atom stereocenters. The Morgan fingerprint density at radius 1 is 1.15 bits per heavy atom. The minimum absolute atomic E-state index is 0.197. The molecule has 1 saturated heterocycles. The van der Waals surface area contributed by atoms with Gasteiger partial charge in [0.2, 0.25) is 0 Å². The molecular formula is C28H30N4O6S. The molecule has 0 aliphatic carbocycles. The number of carbonyl (C=O) groups excluding carboxylic acids is 3. The molecule has 3 aromatic rings. The lowest BCUT2D eigenvalue weighted by Gasteiger charge is -2.21. The van der Waals surface area contributed by atoms with E-state index in [0.717, 1.165) is 10.6 Å². The summed E-state index contributed by atoms with van der Waals surface area (Å²) in [4.78, 5) is 45.2. The third-order valence-electron chi connectivity index (χ3n) is 6.59. The van der Waals surface area contributed by atoms with Crippen molar-refractivity contribution in [1.82, 2.24) is 20.5 Å². The van der Waals surface area contributed by atoms with E-state index in [4.69, 9.17) is 14.2 Å². The van der Waals surface area contributed by atoms with Crippen LogP contribution in [0.4, 0.5) is 0 Å². The van der Waals surface area contributed by atoms with Gasteiger partial charge in [-0.1, -0.05) is 26.0 Å². The van der Waals surface area contributed by atoms with Crippen molar-refractivity contribution in [1.29, 1.82) is 0 Å². The normalized spacial score (nSPS) is 19.4. The average Bonchev–Trinajstić information content (AvgIpc) is 3.58. The molecule has 1 fully saturated rings. The minimum Gasteiger partial charge on any atom is -0.493 e. The van der Waals surface area contributed by atoms with Gasteiger partial charge >= 0.3 is 0 Å². The van der Waals surface area contributed by atoms with Crippen LogP contribution < -0.4 is 24.8 Å². The van der Waals surface area contributed by atoms with E-state index >= 15 is 0 Å². The molecule has 4 heterocycles. The largest absolute Gasteiger partial charge is 0.493 e. The van der Waals surface area contributed by atoms with E-state index in [2.05, 4.69) is 15.6 Å². The Balaban J connectivity index is 1.43. The van der Waals surface area contributed by atoms with Gasteiger partial charge in [0.1, 0.15) is 17.5 Å². The molecule has 3 amide bonds. The van der Waals surface area contributed by atoms with Crippen LogP contribution in [0.5, 0.6) is 17.2 Å². The van der Waals surface area contributed by atoms with E-state index < -0.39 is 12.1 Å². The highest BCUT2D eigenvalue weighted by Gasteiger charge is 2.39. The minimum atomic E-state index is -0.490. The Morgan fingerprint density at radius 3 is 2.67 bits per heavy atom. The summed E-state index contributed by atoms with van der Waals surface area (Å²) in [6.07, 6.45) is -0.490. The molecule has 10 nitrogen and oxygen atoms in total. The van der Waals surface area contributed by atoms with E-state index in [9.17, 15) is 14.4 Å². The maximum absolute atomic E-state index is 13.3. The number of benzene rings is 2. The fourth-order valence-corrected chi connectivity index (χ4v) is 5.26. The summed E-state index contributed by atoms with van der Waals surface area (Å²) in [5.74, 6) is 0.625. The fourth-order valence-electron chi connectivity index (χ4n) is 4.45. The first-order chi connectivity index (χ1) is 18.8. The smallest absolute Gasteiger partial charge is 0.273 e. The number of nitrogens with one attached hydrogen (secondary N) is 2. The van der Waals surface area contributed by atoms with Crippen LogP contribution in [0.15, 0.2) is 47.8 Å². The number of rotatable bonds is 3. The first-order valence-corrected chi connectivity index (χ1v) is 13.6. The monoisotopic (exact) mass is 550 g/mol. The highest BCUT2D eigenvalue weighted by Crippen LogP contribution is 2.29. The zero-order valence-electron chi connectivity index (χ0n) is 21.9. The number of nitrogens with zero attached hydrogens (tertiary/aromatic N) is 2. The molecule has 2 atom stereocenters. The van der Waals surface area contributed by atoms with Crippen LogP contribution in [0.3, 0.4) is 0 Å². The summed E-state index contributed by atoms with van der Waals surface area (Å²) in [7, 11) is 1.49. The quantitative estimate of drug-likeness (QED) is 0.515. The van der Waals surface area contributed by atoms with Gasteiger partial charge in [-0.05, 0) is 35.9 Å². The third kappa shape index (κ3) is 5.98. The van der Waals surface area contributed by atoms with Gasteiger partial charge in [0.15, 0.2) is 18.1 Å². The molecule has 204 valence electrons. The first-order valence-electron chi connectivity index (χ1n) is 12.7. The predicted octanol–water partition coefficient (Wildman–Crippen LogP) is 2.99. The molecule has 3 aliphatic rings. The van der Waals surface area contributed by atoms with Gasteiger partial charge in [0.05, 0.1) is 24.7 Å². The van der Waals surface area contributed by atoms with Crippen LogP contribution in [0.1, 0.15) is 51.2 Å². The van der Waals surface area contributed by atoms with Crippen LogP contribution in [0.2, 0.25) is 0 Å². The Labute approximate surface area is 230 Å². The zero-order chi connectivity index (χ0) is 27.5. The Morgan fingerprint density at radius 2 is 1.95 bits per heavy atom. The highest BCUT2D eigenvalue weighted by molar-refractivity contribution is 7.09. The van der Waals surface area contributed by atoms with Gasteiger partial charge in [0.25, 0.3) is 17.7 Å². The molecular weight excluding hydrogens is 520 g/mol. The van der Waals surface area contributed by atoms with Gasteiger partial charge in [-0.25, -0.2) is 4.98 Å². The number of aromatic nitrogens is 1. The third-order valence-corrected chi connectivity index (χ3v) is 7.74. The van der Waals surface area contributed by atoms with Crippen molar-refractivity contribution in [2.75, 3.05) is 26.8 Å². The first kappa shape index (κ1) is 26.5. The molecule has 0 radical (unpaired) electrons. The van der Waals surface area contributed by atoms with Gasteiger partial charge in [-0.3, -0.25) is 14.4 Å². The van der Waals surface area contributed by atoms with E-state index in [1.807, 2.05) is 38.1 Å². The van der Waals surface area contributed by atoms with Gasteiger partial charge in [-0.2, -0.15) is 0 Å². The van der Waals surface area contributed by atoms with Crippen molar-refractivity contribution in [3.8, 4) is 17.2 Å². The number of thiazole rings is 1. The Bertz CT molecular complexity index is 1370. The number of amides is 3. The van der Waals surface area contributed by atoms with Gasteiger partial charge in [-0.15, -0.1) is 11.3 Å². The van der Waals surface area contributed by atoms with Crippen molar-refractivity contribution < 1.29 is 28.6 Å². The topological polar surface area (TPSA) is 119 Å². The average molecular weight is 551 g/mol. The number of carbonyl (C=O) groups is 3. The zero-order valence-corrected chi connectivity index (χ0v) is 22.7. The number of fused-ring (bicyclic) bond motifs is 7. The van der Waals surface area contributed by atoms with Crippen LogP contribution in [0.25, 0.3) is 0 Å². The molecule has 2 N–H and O–H groups in total. The predicted molar refractivity (Wildman–Crippen MR) is 145 cm³/mol. The summed E-state index contributed by atoms with van der Waals surface area (Å²) in [5.41, 5.74) is 1.61. The van der Waals surface area contributed by atoms with Crippen molar-refractivity contribution in [2.45, 2.75) is 38.5 Å². The fraction of sp³-hybridized carbons (Fsp3) is 0.357. The summed E-state index contributed by atoms with van der Waals surface area (Å²) in [5, 5.41) is 8.52. The van der Waals surface area contributed by atoms with Crippen LogP contribution in [0, 0.1) is 0 Å². The molecule has 3 aliphatic heterocycles. The summed E-state index contributed by atoms with van der Waals surface area (Å²) >= 11 is 1.47. The summed E-state index contributed by atoms with van der Waals surface area (Å²) < 4.78 is 17.3. The van der Waals surface area contributed by atoms with Crippen molar-refractivity contribution in [3.63, 3.8) is 0 Å². The number of hydrogen-bond donors (Lipinski definition) is 2. The molecule has 0 saturated carbocycles. The second-order valence-electron chi connectivity index (χ2n) is 9.75. The number of likely N-dealkylation sites (tertiary alicyclic amines) is 1. The van der Waals surface area contributed by atoms with Crippen LogP contribution in [-0.4, -0.2) is 66.6 Å². The standard InChI is InChI=1S/C28H30N4O6S/c1-16(2)27-31-21(15-39-27)28(35)32-12-20-24(13-32)38-19-7-4-17(5-8-19)11-29-25(33)14-37-23-10-18(26(34)30-20)6-9-22(23)36-3/h4-10,15-16,20,24H,11-14H2,1-3H3,(H,29,33)(H,30,34)/t20-,24-/m0/s1. The number of methoxy groups -OCH3 is 1.